The van der Waals surface area contributed by atoms with Gasteiger partial charge in [-0.1, -0.05) is 31.9 Å². The molecule has 0 radical (unpaired) electrons. The van der Waals surface area contributed by atoms with E-state index >= 15 is 0 Å². The number of benzene rings is 2. The standard InChI is InChI=1S/C23H22F3N5O/c1-2-3-6-13-32-18-11-9-17(10-12-18)29-22-28-15-19(23(24,25)26)21(31-22)30-20-8-5-4-7-16(20)14-27/h4-5,7-12,15H,2-3,6,13H2,1H3,(H2,28,29,30,31). The zero-order chi connectivity index (χ0) is 23.0. The molecule has 166 valence electrons. The van der Waals surface area contributed by atoms with Crippen LogP contribution >= 0.6 is 0 Å². The highest BCUT2D eigenvalue weighted by molar-refractivity contribution is 5.67. The van der Waals surface area contributed by atoms with E-state index in [0.29, 0.717) is 24.2 Å². The van der Waals surface area contributed by atoms with E-state index in [1.165, 1.54) is 12.1 Å². The van der Waals surface area contributed by atoms with Crippen LogP contribution in [0.2, 0.25) is 0 Å². The van der Waals surface area contributed by atoms with Crippen molar-refractivity contribution >= 4 is 23.1 Å². The third-order valence-corrected chi connectivity index (χ3v) is 4.52. The van der Waals surface area contributed by atoms with E-state index in [2.05, 4.69) is 27.5 Å². The molecule has 0 atom stereocenters. The van der Waals surface area contributed by atoms with Crippen molar-refractivity contribution in [3.63, 3.8) is 0 Å². The summed E-state index contributed by atoms with van der Waals surface area (Å²) in [4.78, 5) is 7.80. The summed E-state index contributed by atoms with van der Waals surface area (Å²) in [6, 6.07) is 15.2. The minimum absolute atomic E-state index is 0.0217. The Kier molecular flexibility index (Phi) is 7.49. The first-order valence-electron chi connectivity index (χ1n) is 10.1. The molecule has 0 aliphatic heterocycles. The van der Waals surface area contributed by atoms with Crippen molar-refractivity contribution in [3.05, 3.63) is 65.9 Å². The summed E-state index contributed by atoms with van der Waals surface area (Å²) in [6.45, 7) is 2.74. The molecule has 2 N–H and O–H groups in total. The zero-order valence-electron chi connectivity index (χ0n) is 17.4. The number of nitriles is 1. The lowest BCUT2D eigenvalue weighted by Crippen LogP contribution is -2.13. The number of ether oxygens (including phenoxy) is 1. The second kappa shape index (κ2) is 10.5. The maximum atomic E-state index is 13.5. The quantitative estimate of drug-likeness (QED) is 0.373. The van der Waals surface area contributed by atoms with Crippen molar-refractivity contribution in [2.75, 3.05) is 17.2 Å². The second-order valence-electron chi connectivity index (χ2n) is 6.94. The van der Waals surface area contributed by atoms with Crippen molar-refractivity contribution in [3.8, 4) is 11.8 Å². The number of rotatable bonds is 9. The number of para-hydroxylation sites is 1. The third kappa shape index (κ3) is 6.11. The van der Waals surface area contributed by atoms with E-state index in [4.69, 9.17) is 4.74 Å². The summed E-state index contributed by atoms with van der Waals surface area (Å²) < 4.78 is 46.1. The van der Waals surface area contributed by atoms with E-state index in [-0.39, 0.29) is 17.2 Å². The summed E-state index contributed by atoms with van der Waals surface area (Å²) in [5.74, 6) is 0.232. The van der Waals surface area contributed by atoms with Gasteiger partial charge in [-0.15, -0.1) is 0 Å². The predicted octanol–water partition coefficient (Wildman–Crippen LogP) is 6.42. The minimum Gasteiger partial charge on any atom is -0.494 e. The molecule has 0 aliphatic rings. The molecule has 3 rings (SSSR count). The first-order chi connectivity index (χ1) is 15.4. The Hall–Kier alpha value is -3.80. The Morgan fingerprint density at radius 3 is 2.47 bits per heavy atom. The summed E-state index contributed by atoms with van der Waals surface area (Å²) in [5, 5.41) is 14.7. The molecule has 2 aromatic carbocycles. The topological polar surface area (TPSA) is 82.9 Å². The number of hydrogen-bond acceptors (Lipinski definition) is 6. The molecule has 1 aromatic heterocycles. The van der Waals surface area contributed by atoms with Crippen LogP contribution in [-0.4, -0.2) is 16.6 Å². The summed E-state index contributed by atoms with van der Waals surface area (Å²) in [6.07, 6.45) is -0.782. The Bertz CT molecular complexity index is 1080. The number of anilines is 4. The molecule has 0 amide bonds. The van der Waals surface area contributed by atoms with Gasteiger partial charge < -0.3 is 15.4 Å². The average molecular weight is 441 g/mol. The van der Waals surface area contributed by atoms with E-state index in [1.54, 1.807) is 36.4 Å². The fourth-order valence-electron chi connectivity index (χ4n) is 2.87. The number of halogens is 3. The van der Waals surface area contributed by atoms with Gasteiger partial charge in [0.25, 0.3) is 0 Å². The number of nitrogens with one attached hydrogen (secondary N) is 2. The Balaban J connectivity index is 1.79. The lowest BCUT2D eigenvalue weighted by Gasteiger charge is -2.15. The first-order valence-corrected chi connectivity index (χ1v) is 10.1. The molecule has 3 aromatic rings. The summed E-state index contributed by atoms with van der Waals surface area (Å²) in [7, 11) is 0. The van der Waals surface area contributed by atoms with Crippen molar-refractivity contribution in [1.82, 2.24) is 9.97 Å². The molecule has 0 saturated heterocycles. The third-order valence-electron chi connectivity index (χ3n) is 4.52. The van der Waals surface area contributed by atoms with Crippen molar-refractivity contribution in [2.45, 2.75) is 32.4 Å². The molecule has 6 nitrogen and oxygen atoms in total. The van der Waals surface area contributed by atoms with Crippen molar-refractivity contribution in [2.24, 2.45) is 0 Å². The molecule has 0 aliphatic carbocycles. The van der Waals surface area contributed by atoms with Gasteiger partial charge in [0.05, 0.1) is 17.9 Å². The van der Waals surface area contributed by atoms with Crippen LogP contribution in [0.3, 0.4) is 0 Å². The first kappa shape index (κ1) is 22.9. The Labute approximate surface area is 184 Å². The van der Waals surface area contributed by atoms with E-state index in [9.17, 15) is 18.4 Å². The van der Waals surface area contributed by atoms with Gasteiger partial charge in [-0.2, -0.15) is 23.4 Å². The summed E-state index contributed by atoms with van der Waals surface area (Å²) in [5.41, 5.74) is -0.0290. The van der Waals surface area contributed by atoms with Crippen molar-refractivity contribution in [1.29, 1.82) is 5.26 Å². The van der Waals surface area contributed by atoms with Crippen LogP contribution in [-0.2, 0) is 6.18 Å². The number of unbranched alkanes of at least 4 members (excludes halogenated alkanes) is 2. The largest absolute Gasteiger partial charge is 0.494 e. The van der Waals surface area contributed by atoms with Crippen LogP contribution in [0, 0.1) is 11.3 Å². The molecule has 0 spiro atoms. The lowest BCUT2D eigenvalue weighted by atomic mass is 10.2. The lowest BCUT2D eigenvalue weighted by molar-refractivity contribution is -0.137. The van der Waals surface area contributed by atoms with Gasteiger partial charge in [0.2, 0.25) is 5.95 Å². The van der Waals surface area contributed by atoms with Crippen LogP contribution in [0.5, 0.6) is 5.75 Å². The maximum absolute atomic E-state index is 13.5. The second-order valence-corrected chi connectivity index (χ2v) is 6.94. The van der Waals surface area contributed by atoms with Crippen LogP contribution in [0.4, 0.5) is 36.3 Å². The number of alkyl halides is 3. The Morgan fingerprint density at radius 2 is 1.78 bits per heavy atom. The fraction of sp³-hybridized carbons (Fsp3) is 0.261. The highest BCUT2D eigenvalue weighted by Crippen LogP contribution is 2.35. The van der Waals surface area contributed by atoms with Crippen LogP contribution in [0.15, 0.2) is 54.7 Å². The molecule has 0 saturated carbocycles. The summed E-state index contributed by atoms with van der Waals surface area (Å²) >= 11 is 0. The smallest absolute Gasteiger partial charge is 0.421 e. The molecular formula is C23H22F3N5O. The molecule has 1 heterocycles. The van der Waals surface area contributed by atoms with Gasteiger partial charge in [0.1, 0.15) is 23.2 Å². The van der Waals surface area contributed by atoms with Crippen molar-refractivity contribution < 1.29 is 17.9 Å². The fourth-order valence-corrected chi connectivity index (χ4v) is 2.87. The van der Waals surface area contributed by atoms with Gasteiger partial charge in [-0.25, -0.2) is 4.98 Å². The molecule has 9 heteroatoms. The monoisotopic (exact) mass is 441 g/mol. The van der Waals surface area contributed by atoms with E-state index < -0.39 is 17.6 Å². The number of hydrogen-bond donors (Lipinski definition) is 2. The number of nitrogens with zero attached hydrogens (tertiary/aromatic N) is 3. The molecular weight excluding hydrogens is 419 g/mol. The van der Waals surface area contributed by atoms with Gasteiger partial charge in [-0.05, 0) is 42.8 Å². The molecule has 0 fully saturated rings. The normalized spacial score (nSPS) is 11.0. The number of aromatic nitrogens is 2. The average Bonchev–Trinajstić information content (AvgIpc) is 2.77. The molecule has 0 bridgehead atoms. The van der Waals surface area contributed by atoms with E-state index in [0.717, 1.165) is 19.3 Å². The SMILES string of the molecule is CCCCCOc1ccc(Nc2ncc(C(F)(F)F)c(Nc3ccccc3C#N)n2)cc1. The highest BCUT2D eigenvalue weighted by Gasteiger charge is 2.35. The predicted molar refractivity (Wildman–Crippen MR) is 116 cm³/mol. The van der Waals surface area contributed by atoms with Crippen LogP contribution in [0.25, 0.3) is 0 Å². The van der Waals surface area contributed by atoms with Crippen LogP contribution in [0.1, 0.15) is 37.3 Å². The van der Waals surface area contributed by atoms with Gasteiger partial charge in [0.15, 0.2) is 0 Å². The Morgan fingerprint density at radius 1 is 1.03 bits per heavy atom. The van der Waals surface area contributed by atoms with Gasteiger partial charge in [0, 0.05) is 11.9 Å². The molecule has 32 heavy (non-hydrogen) atoms. The van der Waals surface area contributed by atoms with Crippen LogP contribution < -0.4 is 15.4 Å². The van der Waals surface area contributed by atoms with E-state index in [1.807, 2.05) is 6.07 Å². The van der Waals surface area contributed by atoms with Gasteiger partial charge >= 0.3 is 6.18 Å². The zero-order valence-corrected chi connectivity index (χ0v) is 17.4. The highest BCUT2D eigenvalue weighted by atomic mass is 19.4. The molecule has 0 unspecified atom stereocenters. The minimum atomic E-state index is -4.67. The maximum Gasteiger partial charge on any atom is 0.421 e. The van der Waals surface area contributed by atoms with Gasteiger partial charge in [-0.3, -0.25) is 0 Å².